The van der Waals surface area contributed by atoms with E-state index in [0.717, 1.165) is 34.2 Å². The lowest BCUT2D eigenvalue weighted by molar-refractivity contribution is -0.167. The van der Waals surface area contributed by atoms with Gasteiger partial charge in [0.15, 0.2) is 6.10 Å². The summed E-state index contributed by atoms with van der Waals surface area (Å²) in [6, 6.07) is 16.3. The van der Waals surface area contributed by atoms with Crippen molar-refractivity contribution in [3.8, 4) is 0 Å². The number of rotatable bonds is 7. The molecule has 2 N–H and O–H groups in total. The number of fused-ring (bicyclic) bond motifs is 1. The van der Waals surface area contributed by atoms with Gasteiger partial charge in [0.25, 0.3) is 0 Å². The second-order valence-electron chi connectivity index (χ2n) is 11.0. The van der Waals surface area contributed by atoms with Crippen LogP contribution in [0.5, 0.6) is 0 Å². The monoisotopic (exact) mass is 550 g/mol. The van der Waals surface area contributed by atoms with Crippen molar-refractivity contribution in [2.45, 2.75) is 57.2 Å². The van der Waals surface area contributed by atoms with Gasteiger partial charge in [0.2, 0.25) is 0 Å². The summed E-state index contributed by atoms with van der Waals surface area (Å²) in [7, 11) is 1.74. The first-order chi connectivity index (χ1) is 19.9. The first-order valence-electron chi connectivity index (χ1n) is 14.4. The number of allylic oxidation sites excluding steroid dienone is 4. The highest BCUT2D eigenvalue weighted by molar-refractivity contribution is 5.93. The molecule has 0 amide bonds. The Balaban J connectivity index is 1.54. The zero-order valence-corrected chi connectivity index (χ0v) is 24.0. The molecule has 5 rings (SSSR count). The van der Waals surface area contributed by atoms with Crippen molar-refractivity contribution < 1.29 is 19.1 Å². The molecule has 41 heavy (non-hydrogen) atoms. The molecule has 0 radical (unpaired) electrons. The number of benzene rings is 2. The van der Waals surface area contributed by atoms with Gasteiger partial charge in [-0.2, -0.15) is 0 Å². The highest BCUT2D eigenvalue weighted by Crippen LogP contribution is 2.46. The van der Waals surface area contributed by atoms with Gasteiger partial charge < -0.3 is 20.2 Å². The molecule has 0 heterocycles. The lowest BCUT2D eigenvalue weighted by atomic mass is 9.70. The summed E-state index contributed by atoms with van der Waals surface area (Å²) in [5, 5.41) is 0. The van der Waals surface area contributed by atoms with Crippen molar-refractivity contribution in [1.82, 2.24) is 0 Å². The summed E-state index contributed by atoms with van der Waals surface area (Å²) in [6.45, 7) is 4.58. The number of ether oxygens (including phenoxy) is 2. The number of aryl methyl sites for hydroxylation is 1. The van der Waals surface area contributed by atoms with Crippen LogP contribution in [0.25, 0.3) is 0 Å². The van der Waals surface area contributed by atoms with E-state index in [2.05, 4.69) is 36.2 Å². The van der Waals surface area contributed by atoms with Gasteiger partial charge in [-0.15, -0.1) is 0 Å². The average molecular weight is 551 g/mol. The maximum atomic E-state index is 13.7. The molecule has 0 saturated carbocycles. The van der Waals surface area contributed by atoms with E-state index in [-0.39, 0.29) is 23.7 Å². The number of carbonyl (C=O) groups excluding carboxylic acids is 2. The Morgan fingerprint density at radius 3 is 2.29 bits per heavy atom. The summed E-state index contributed by atoms with van der Waals surface area (Å²) >= 11 is 0. The first kappa shape index (κ1) is 28.5. The number of carbonyl (C=O) groups is 2. The molecule has 2 aromatic rings. The van der Waals surface area contributed by atoms with Crippen LogP contribution in [0.15, 0.2) is 101 Å². The molecule has 0 saturated heterocycles. The molecule has 2 aromatic carbocycles. The predicted molar refractivity (Wildman–Crippen MR) is 162 cm³/mol. The van der Waals surface area contributed by atoms with E-state index >= 15 is 0 Å². The van der Waals surface area contributed by atoms with Gasteiger partial charge in [-0.25, -0.2) is 9.59 Å². The summed E-state index contributed by atoms with van der Waals surface area (Å²) in [5.74, 6) is -1.13. The van der Waals surface area contributed by atoms with Gasteiger partial charge in [0.05, 0.1) is 11.5 Å². The normalized spacial score (nSPS) is 25.6. The lowest BCUT2D eigenvalue weighted by Crippen LogP contribution is -2.47. The Hall–Kier alpha value is -4.03. The number of hydrogen-bond acceptors (Lipinski definition) is 6. The van der Waals surface area contributed by atoms with Crippen LogP contribution in [0, 0.1) is 12.8 Å². The molecule has 0 aliphatic heterocycles. The Morgan fingerprint density at radius 2 is 1.66 bits per heavy atom. The Labute approximate surface area is 242 Å². The van der Waals surface area contributed by atoms with E-state index in [1.165, 1.54) is 0 Å². The minimum atomic E-state index is -0.721. The van der Waals surface area contributed by atoms with E-state index in [4.69, 9.17) is 15.2 Å². The molecule has 3 aliphatic rings. The van der Waals surface area contributed by atoms with Crippen LogP contribution in [-0.4, -0.2) is 44.0 Å². The van der Waals surface area contributed by atoms with Gasteiger partial charge in [-0.05, 0) is 48.4 Å². The second-order valence-corrected chi connectivity index (χ2v) is 11.0. The number of hydrogen-bond donors (Lipinski definition) is 1. The lowest BCUT2D eigenvalue weighted by Gasteiger charge is -2.42. The van der Waals surface area contributed by atoms with E-state index in [9.17, 15) is 9.59 Å². The molecule has 0 aromatic heterocycles. The van der Waals surface area contributed by atoms with Crippen LogP contribution in [-0.2, 0) is 19.1 Å². The number of nitrogens with two attached hydrogens (primary N) is 1. The van der Waals surface area contributed by atoms with Gasteiger partial charge >= 0.3 is 11.9 Å². The van der Waals surface area contributed by atoms with Crippen molar-refractivity contribution >= 4 is 18.2 Å². The van der Waals surface area contributed by atoms with Gasteiger partial charge in [0, 0.05) is 37.2 Å². The van der Waals surface area contributed by atoms with Crippen molar-refractivity contribution in [1.29, 1.82) is 0 Å². The van der Waals surface area contributed by atoms with E-state index in [1.807, 2.05) is 61.7 Å². The van der Waals surface area contributed by atoms with Gasteiger partial charge in [-0.1, -0.05) is 91.4 Å². The van der Waals surface area contributed by atoms with Gasteiger partial charge in [-0.3, -0.25) is 0 Å². The maximum Gasteiger partial charge on any atom is 0.338 e. The SMILES string of the molecule is C/N=C\C1C=CC(C(=O)OC2C(OC(=O)C3=CC=C(CN)CC3)C(C)c3ccccc3[C@@H]2c2ccccc2C)=CC1. The highest BCUT2D eigenvalue weighted by atomic mass is 16.6. The van der Waals surface area contributed by atoms with E-state index in [0.29, 0.717) is 30.5 Å². The molecular weight excluding hydrogens is 512 g/mol. The standard InChI is InChI=1S/C35H38N2O4/c1-22-8-4-5-9-28(22)31-30-11-7-6-10-29(30)23(2)32(40-34(38)26-16-12-24(20-36)13-17-26)33(31)41-35(39)27-18-14-25(15-19-27)21-37-3/h4-12,14,16,18-19,21,23,25,31-33H,13,15,17,20,36H2,1-3H3/b37-21-/t23?,25?,31-,32?,33?/m0/s1. The molecule has 0 fully saturated rings. The van der Waals surface area contributed by atoms with Crippen LogP contribution in [0.3, 0.4) is 0 Å². The molecule has 6 heteroatoms. The largest absolute Gasteiger partial charge is 0.454 e. The Morgan fingerprint density at radius 1 is 0.951 bits per heavy atom. The number of aliphatic imine (C=N–C) groups is 1. The van der Waals surface area contributed by atoms with Gasteiger partial charge in [0.1, 0.15) is 6.10 Å². The summed E-state index contributed by atoms with van der Waals surface area (Å²) in [6.07, 6.45) is 11.8. The minimum absolute atomic E-state index is 0.157. The van der Waals surface area contributed by atoms with Crippen LogP contribution in [0.2, 0.25) is 0 Å². The summed E-state index contributed by atoms with van der Waals surface area (Å²) < 4.78 is 12.7. The molecule has 0 bridgehead atoms. The molecule has 6 nitrogen and oxygen atoms in total. The minimum Gasteiger partial charge on any atom is -0.454 e. The molecule has 0 spiro atoms. The second kappa shape index (κ2) is 12.6. The molecule has 212 valence electrons. The third kappa shape index (κ3) is 6.03. The third-order valence-electron chi connectivity index (χ3n) is 8.45. The maximum absolute atomic E-state index is 13.7. The van der Waals surface area contributed by atoms with Crippen molar-refractivity contribution in [2.75, 3.05) is 13.6 Å². The summed E-state index contributed by atoms with van der Waals surface area (Å²) in [4.78, 5) is 31.3. The molecular formula is C35H38N2O4. The zero-order chi connectivity index (χ0) is 28.9. The van der Waals surface area contributed by atoms with Crippen molar-refractivity contribution in [3.63, 3.8) is 0 Å². The van der Waals surface area contributed by atoms with Crippen LogP contribution in [0.4, 0.5) is 0 Å². The first-order valence-corrected chi connectivity index (χ1v) is 14.4. The fourth-order valence-corrected chi connectivity index (χ4v) is 6.12. The third-order valence-corrected chi connectivity index (χ3v) is 8.45. The molecule has 4 unspecified atom stereocenters. The number of esters is 2. The predicted octanol–water partition coefficient (Wildman–Crippen LogP) is 5.88. The Kier molecular flexibility index (Phi) is 8.79. The summed E-state index contributed by atoms with van der Waals surface area (Å²) in [5.41, 5.74) is 12.3. The van der Waals surface area contributed by atoms with Crippen LogP contribution >= 0.6 is 0 Å². The fraction of sp³-hybridized carbons (Fsp3) is 0.343. The molecule has 3 aliphatic carbocycles. The highest BCUT2D eigenvalue weighted by Gasteiger charge is 2.47. The average Bonchev–Trinajstić information content (AvgIpc) is 3.00. The van der Waals surface area contributed by atoms with E-state index < -0.39 is 18.2 Å². The van der Waals surface area contributed by atoms with Crippen LogP contribution in [0.1, 0.15) is 60.3 Å². The smallest absolute Gasteiger partial charge is 0.338 e. The quantitative estimate of drug-likeness (QED) is 0.344. The van der Waals surface area contributed by atoms with E-state index in [1.54, 1.807) is 13.1 Å². The molecule has 5 atom stereocenters. The topological polar surface area (TPSA) is 91.0 Å². The Bertz CT molecular complexity index is 1460. The van der Waals surface area contributed by atoms with Crippen LogP contribution < -0.4 is 5.73 Å². The zero-order valence-electron chi connectivity index (χ0n) is 24.0. The van der Waals surface area contributed by atoms with Crippen molar-refractivity contribution in [2.24, 2.45) is 16.6 Å². The van der Waals surface area contributed by atoms with Crippen molar-refractivity contribution in [3.05, 3.63) is 118 Å². The fourth-order valence-electron chi connectivity index (χ4n) is 6.12. The number of nitrogens with zero attached hydrogens (tertiary/aromatic N) is 1.